The van der Waals surface area contributed by atoms with Crippen LogP contribution in [0.25, 0.3) is 33.3 Å². The van der Waals surface area contributed by atoms with Crippen molar-refractivity contribution in [1.29, 1.82) is 0 Å². The fraction of sp³-hybridized carbons (Fsp3) is 0.0500. The number of hydrogen-bond donors (Lipinski definition) is 0. The molecular weight excluding hydrogens is 268 g/mol. The Bertz CT molecular complexity index is 936. The van der Waals surface area contributed by atoms with Crippen LogP contribution in [0, 0.1) is 0 Å². The molecule has 2 nitrogen and oxygen atoms in total. The van der Waals surface area contributed by atoms with Crippen LogP contribution in [0.15, 0.2) is 78.9 Å². The van der Waals surface area contributed by atoms with E-state index in [2.05, 4.69) is 65.8 Å². The minimum absolute atomic E-state index is 1.01. The maximum absolute atomic E-state index is 4.65. The van der Waals surface area contributed by atoms with Crippen molar-refractivity contribution in [3.8, 4) is 22.5 Å². The van der Waals surface area contributed by atoms with Crippen molar-refractivity contribution in [1.82, 2.24) is 9.78 Å². The summed E-state index contributed by atoms with van der Waals surface area (Å²) in [7, 11) is 2.00. The normalized spacial score (nSPS) is 11.0. The third kappa shape index (κ3) is 2.19. The highest BCUT2D eigenvalue weighted by Crippen LogP contribution is 2.28. The molecule has 0 amide bonds. The van der Waals surface area contributed by atoms with Crippen LogP contribution in [0.2, 0.25) is 0 Å². The van der Waals surface area contributed by atoms with E-state index >= 15 is 0 Å². The quantitative estimate of drug-likeness (QED) is 0.511. The fourth-order valence-electron chi connectivity index (χ4n) is 2.84. The third-order valence-electron chi connectivity index (χ3n) is 3.99. The van der Waals surface area contributed by atoms with Crippen molar-refractivity contribution < 1.29 is 0 Å². The molecule has 1 heterocycles. The molecule has 0 fully saturated rings. The Labute approximate surface area is 129 Å². The minimum Gasteiger partial charge on any atom is -0.267 e. The summed E-state index contributed by atoms with van der Waals surface area (Å²) in [4.78, 5) is 0. The molecule has 0 saturated carbocycles. The van der Waals surface area contributed by atoms with Gasteiger partial charge in [-0.3, -0.25) is 4.68 Å². The van der Waals surface area contributed by atoms with Crippen LogP contribution < -0.4 is 0 Å². The number of nitrogens with zero attached hydrogens (tertiary/aromatic N) is 2. The Morgan fingerprint density at radius 3 is 2.23 bits per heavy atom. The number of hydrogen-bond acceptors (Lipinski definition) is 1. The molecule has 0 atom stereocenters. The highest BCUT2D eigenvalue weighted by atomic mass is 15.3. The van der Waals surface area contributed by atoms with Crippen molar-refractivity contribution in [2.75, 3.05) is 0 Å². The first-order valence-electron chi connectivity index (χ1n) is 7.40. The van der Waals surface area contributed by atoms with Gasteiger partial charge in [-0.15, -0.1) is 0 Å². The second-order valence-corrected chi connectivity index (χ2v) is 5.47. The van der Waals surface area contributed by atoms with Gasteiger partial charge in [0, 0.05) is 18.2 Å². The number of fused-ring (bicyclic) bond motifs is 1. The number of rotatable bonds is 2. The van der Waals surface area contributed by atoms with E-state index in [1.54, 1.807) is 0 Å². The van der Waals surface area contributed by atoms with E-state index in [-0.39, 0.29) is 0 Å². The average Bonchev–Trinajstić information content (AvgIpc) is 2.97. The van der Waals surface area contributed by atoms with Crippen LogP contribution in [-0.4, -0.2) is 9.78 Å². The van der Waals surface area contributed by atoms with E-state index in [9.17, 15) is 0 Å². The van der Waals surface area contributed by atoms with Crippen LogP contribution >= 0.6 is 0 Å². The number of aromatic nitrogens is 2. The molecule has 22 heavy (non-hydrogen) atoms. The Morgan fingerprint density at radius 1 is 0.682 bits per heavy atom. The van der Waals surface area contributed by atoms with Crippen molar-refractivity contribution in [3.63, 3.8) is 0 Å². The summed E-state index contributed by atoms with van der Waals surface area (Å²) in [6, 6.07) is 27.4. The lowest BCUT2D eigenvalue weighted by atomic mass is 10.0. The van der Waals surface area contributed by atoms with E-state index in [4.69, 9.17) is 0 Å². The van der Waals surface area contributed by atoms with Crippen LogP contribution in [0.4, 0.5) is 0 Å². The van der Waals surface area contributed by atoms with Gasteiger partial charge in [-0.2, -0.15) is 5.10 Å². The molecule has 0 N–H and O–H groups in total. The number of benzene rings is 3. The molecule has 0 aliphatic carbocycles. The first-order valence-corrected chi connectivity index (χ1v) is 7.40. The second-order valence-electron chi connectivity index (χ2n) is 5.47. The van der Waals surface area contributed by atoms with Crippen LogP contribution in [0.3, 0.4) is 0 Å². The molecular formula is C20H16N2. The molecule has 2 heteroatoms. The Morgan fingerprint density at radius 2 is 1.41 bits per heavy atom. The highest BCUT2D eigenvalue weighted by Gasteiger charge is 2.09. The zero-order valence-electron chi connectivity index (χ0n) is 12.4. The Hall–Kier alpha value is -2.87. The summed E-state index contributed by atoms with van der Waals surface area (Å²) < 4.78 is 1.95. The number of aryl methyl sites for hydroxylation is 1. The first-order chi connectivity index (χ1) is 10.8. The van der Waals surface area contributed by atoms with E-state index < -0.39 is 0 Å². The largest absolute Gasteiger partial charge is 0.267 e. The Kier molecular flexibility index (Phi) is 3.01. The Balaban J connectivity index is 1.83. The van der Waals surface area contributed by atoms with Crippen LogP contribution in [0.1, 0.15) is 0 Å². The van der Waals surface area contributed by atoms with Gasteiger partial charge in [-0.25, -0.2) is 0 Å². The molecule has 0 saturated heterocycles. The zero-order chi connectivity index (χ0) is 14.9. The van der Waals surface area contributed by atoms with Crippen molar-refractivity contribution in [2.45, 2.75) is 0 Å². The SMILES string of the molecule is Cn1nc(-c2ccccc2)cc1-c1ccc2ccccc2c1. The maximum Gasteiger partial charge on any atom is 0.0929 e. The molecule has 4 rings (SSSR count). The lowest BCUT2D eigenvalue weighted by molar-refractivity contribution is 0.779. The smallest absolute Gasteiger partial charge is 0.0929 e. The van der Waals surface area contributed by atoms with Crippen LogP contribution in [0.5, 0.6) is 0 Å². The lowest BCUT2D eigenvalue weighted by Crippen LogP contribution is -1.93. The zero-order valence-corrected chi connectivity index (χ0v) is 12.4. The monoisotopic (exact) mass is 284 g/mol. The summed E-state index contributed by atoms with van der Waals surface area (Å²) in [6.07, 6.45) is 0. The summed E-state index contributed by atoms with van der Waals surface area (Å²) in [6.45, 7) is 0. The minimum atomic E-state index is 1.01. The van der Waals surface area contributed by atoms with Gasteiger partial charge >= 0.3 is 0 Å². The van der Waals surface area contributed by atoms with Crippen molar-refractivity contribution in [2.24, 2.45) is 7.05 Å². The van der Waals surface area contributed by atoms with Gasteiger partial charge in [-0.05, 0) is 22.9 Å². The molecule has 106 valence electrons. The van der Waals surface area contributed by atoms with E-state index in [1.807, 2.05) is 29.9 Å². The molecule has 4 aromatic rings. The predicted octanol–water partition coefficient (Wildman–Crippen LogP) is 4.91. The topological polar surface area (TPSA) is 17.8 Å². The van der Waals surface area contributed by atoms with Gasteiger partial charge in [0.05, 0.1) is 11.4 Å². The van der Waals surface area contributed by atoms with E-state index in [1.165, 1.54) is 16.3 Å². The molecule has 1 aromatic heterocycles. The van der Waals surface area contributed by atoms with Gasteiger partial charge in [0.25, 0.3) is 0 Å². The molecule has 0 aliphatic rings. The second kappa shape index (κ2) is 5.15. The lowest BCUT2D eigenvalue weighted by Gasteiger charge is -2.04. The van der Waals surface area contributed by atoms with Gasteiger partial charge < -0.3 is 0 Å². The van der Waals surface area contributed by atoms with Gasteiger partial charge in [0.1, 0.15) is 0 Å². The molecule has 0 spiro atoms. The third-order valence-corrected chi connectivity index (χ3v) is 3.99. The maximum atomic E-state index is 4.65. The molecule has 0 bridgehead atoms. The predicted molar refractivity (Wildman–Crippen MR) is 91.6 cm³/mol. The van der Waals surface area contributed by atoms with E-state index in [0.29, 0.717) is 0 Å². The van der Waals surface area contributed by atoms with E-state index in [0.717, 1.165) is 17.0 Å². The van der Waals surface area contributed by atoms with Crippen molar-refractivity contribution >= 4 is 10.8 Å². The highest BCUT2D eigenvalue weighted by molar-refractivity contribution is 5.87. The van der Waals surface area contributed by atoms with Crippen LogP contribution in [-0.2, 0) is 7.05 Å². The van der Waals surface area contributed by atoms with Gasteiger partial charge in [0.2, 0.25) is 0 Å². The molecule has 0 radical (unpaired) electrons. The fourth-order valence-corrected chi connectivity index (χ4v) is 2.84. The molecule has 3 aromatic carbocycles. The first kappa shape index (κ1) is 12.8. The standard InChI is InChI=1S/C20H16N2/c1-22-20(14-19(21-22)16-8-3-2-4-9-16)18-12-11-15-7-5-6-10-17(15)13-18/h2-14H,1H3. The molecule has 0 aliphatic heterocycles. The average molecular weight is 284 g/mol. The van der Waals surface area contributed by atoms with Gasteiger partial charge in [0.15, 0.2) is 0 Å². The van der Waals surface area contributed by atoms with Gasteiger partial charge in [-0.1, -0.05) is 66.7 Å². The summed E-state index contributed by atoms with van der Waals surface area (Å²) in [5.74, 6) is 0. The summed E-state index contributed by atoms with van der Waals surface area (Å²) in [5, 5.41) is 7.17. The summed E-state index contributed by atoms with van der Waals surface area (Å²) >= 11 is 0. The summed E-state index contributed by atoms with van der Waals surface area (Å²) in [5.41, 5.74) is 4.47. The molecule has 0 unspecified atom stereocenters. The van der Waals surface area contributed by atoms with Crippen molar-refractivity contribution in [3.05, 3.63) is 78.9 Å².